The summed E-state index contributed by atoms with van der Waals surface area (Å²) in [5.74, 6) is -0.928. The summed E-state index contributed by atoms with van der Waals surface area (Å²) in [5, 5.41) is 11.7. The second-order valence-corrected chi connectivity index (χ2v) is 4.45. The molecular weight excluding hydrogens is 282 g/mol. The van der Waals surface area contributed by atoms with Crippen LogP contribution >= 0.6 is 11.6 Å². The van der Waals surface area contributed by atoms with Crippen molar-refractivity contribution in [2.45, 2.75) is 13.3 Å². The van der Waals surface area contributed by atoms with Crippen molar-refractivity contribution in [3.63, 3.8) is 0 Å². The molecule has 0 bridgehead atoms. The Bertz CT molecular complexity index is 663. The summed E-state index contributed by atoms with van der Waals surface area (Å²) < 4.78 is 5.30. The van der Waals surface area contributed by atoms with Crippen molar-refractivity contribution in [1.29, 1.82) is 0 Å². The van der Waals surface area contributed by atoms with Crippen LogP contribution in [-0.2, 0) is 6.42 Å². The maximum atomic E-state index is 12.0. The zero-order valence-electron chi connectivity index (χ0n) is 10.6. The van der Waals surface area contributed by atoms with Crippen LogP contribution in [-0.4, -0.2) is 17.0 Å². The summed E-state index contributed by atoms with van der Waals surface area (Å²) in [5.41, 5.74) is -0.0192. The van der Waals surface area contributed by atoms with Gasteiger partial charge in [0.15, 0.2) is 5.76 Å². The molecule has 0 unspecified atom stereocenters. The van der Waals surface area contributed by atoms with Gasteiger partial charge in [-0.15, -0.1) is 0 Å². The Morgan fingerprint density at radius 1 is 1.30 bits per heavy atom. The fourth-order valence-electron chi connectivity index (χ4n) is 1.69. The standard InChI is InChI=1S/C14H12ClNO4/c1-2-8-6-7-11(20-8)13(17)16-12-9(14(18)19)4-3-5-10(12)15/h3-7H,2H2,1H3,(H,16,17)(H,18,19). The third-order valence-corrected chi connectivity index (χ3v) is 3.03. The summed E-state index contributed by atoms with van der Waals surface area (Å²) in [7, 11) is 0. The second-order valence-electron chi connectivity index (χ2n) is 4.04. The van der Waals surface area contributed by atoms with Gasteiger partial charge in [-0.05, 0) is 24.3 Å². The first-order valence-corrected chi connectivity index (χ1v) is 6.32. The van der Waals surface area contributed by atoms with Gasteiger partial charge in [0.25, 0.3) is 5.91 Å². The molecule has 0 atom stereocenters. The van der Waals surface area contributed by atoms with Crippen molar-refractivity contribution in [2.75, 3.05) is 5.32 Å². The molecule has 104 valence electrons. The molecule has 1 aromatic heterocycles. The maximum Gasteiger partial charge on any atom is 0.337 e. The summed E-state index contributed by atoms with van der Waals surface area (Å²) >= 11 is 5.93. The minimum atomic E-state index is -1.17. The van der Waals surface area contributed by atoms with Gasteiger partial charge in [-0.25, -0.2) is 4.79 Å². The highest BCUT2D eigenvalue weighted by molar-refractivity contribution is 6.34. The van der Waals surface area contributed by atoms with Crippen molar-refractivity contribution >= 4 is 29.2 Å². The number of furan rings is 1. The molecule has 1 aromatic carbocycles. The van der Waals surface area contributed by atoms with E-state index in [9.17, 15) is 9.59 Å². The molecule has 0 aliphatic carbocycles. The Kier molecular flexibility index (Phi) is 4.10. The third-order valence-electron chi connectivity index (χ3n) is 2.72. The first-order chi connectivity index (χ1) is 9.52. The lowest BCUT2D eigenvalue weighted by molar-refractivity contribution is 0.0698. The lowest BCUT2D eigenvalue weighted by Gasteiger charge is -2.09. The summed E-state index contributed by atoms with van der Waals surface area (Å²) in [6.07, 6.45) is 0.666. The molecule has 1 amide bonds. The first kappa shape index (κ1) is 14.1. The molecule has 0 aliphatic rings. The van der Waals surface area contributed by atoms with E-state index in [4.69, 9.17) is 21.1 Å². The molecule has 6 heteroatoms. The number of carbonyl (C=O) groups is 2. The van der Waals surface area contributed by atoms with E-state index in [2.05, 4.69) is 5.32 Å². The normalized spacial score (nSPS) is 10.3. The highest BCUT2D eigenvalue weighted by Gasteiger charge is 2.18. The number of rotatable bonds is 4. The number of carboxylic acids is 1. The van der Waals surface area contributed by atoms with E-state index in [1.165, 1.54) is 24.3 Å². The number of hydrogen-bond acceptors (Lipinski definition) is 3. The Morgan fingerprint density at radius 2 is 2.05 bits per heavy atom. The fraction of sp³-hybridized carbons (Fsp3) is 0.143. The Balaban J connectivity index is 2.30. The van der Waals surface area contributed by atoms with Crippen LogP contribution in [0.4, 0.5) is 5.69 Å². The fourth-order valence-corrected chi connectivity index (χ4v) is 1.92. The van der Waals surface area contributed by atoms with Crippen LogP contribution in [0.5, 0.6) is 0 Å². The molecule has 20 heavy (non-hydrogen) atoms. The minimum Gasteiger partial charge on any atom is -0.478 e. The molecule has 0 saturated heterocycles. The molecule has 5 nitrogen and oxygen atoms in total. The smallest absolute Gasteiger partial charge is 0.337 e. The Hall–Kier alpha value is -2.27. The number of anilines is 1. The van der Waals surface area contributed by atoms with Gasteiger partial charge < -0.3 is 14.8 Å². The molecular formula is C14H12ClNO4. The van der Waals surface area contributed by atoms with Crippen LogP contribution < -0.4 is 5.32 Å². The monoisotopic (exact) mass is 293 g/mol. The number of para-hydroxylation sites is 1. The average Bonchev–Trinajstić information content (AvgIpc) is 2.89. The van der Waals surface area contributed by atoms with E-state index in [-0.39, 0.29) is 22.0 Å². The Morgan fingerprint density at radius 3 is 2.65 bits per heavy atom. The van der Waals surface area contributed by atoms with Gasteiger partial charge in [0.1, 0.15) is 5.76 Å². The number of amides is 1. The summed E-state index contributed by atoms with van der Waals surface area (Å²) in [6, 6.07) is 7.60. The molecule has 2 aromatic rings. The average molecular weight is 294 g/mol. The van der Waals surface area contributed by atoms with Crippen molar-refractivity contribution in [1.82, 2.24) is 0 Å². The molecule has 2 N–H and O–H groups in total. The number of aromatic carboxylic acids is 1. The van der Waals surface area contributed by atoms with E-state index in [1.807, 2.05) is 6.92 Å². The lowest BCUT2D eigenvalue weighted by atomic mass is 10.1. The van der Waals surface area contributed by atoms with Gasteiger partial charge in [0, 0.05) is 6.42 Å². The molecule has 0 spiro atoms. The topological polar surface area (TPSA) is 79.5 Å². The van der Waals surface area contributed by atoms with Crippen LogP contribution in [0.25, 0.3) is 0 Å². The summed E-state index contributed by atoms with van der Waals surface area (Å²) in [6.45, 7) is 1.90. The number of nitrogens with one attached hydrogen (secondary N) is 1. The predicted octanol–water partition coefficient (Wildman–Crippen LogP) is 3.45. The van der Waals surface area contributed by atoms with Crippen molar-refractivity contribution < 1.29 is 19.1 Å². The zero-order chi connectivity index (χ0) is 14.7. The first-order valence-electron chi connectivity index (χ1n) is 5.94. The van der Waals surface area contributed by atoms with E-state index >= 15 is 0 Å². The third kappa shape index (κ3) is 2.83. The highest BCUT2D eigenvalue weighted by Crippen LogP contribution is 2.26. The van der Waals surface area contributed by atoms with Crippen LogP contribution in [0.15, 0.2) is 34.7 Å². The number of aryl methyl sites for hydroxylation is 1. The SMILES string of the molecule is CCc1ccc(C(=O)Nc2c(Cl)cccc2C(=O)O)o1. The predicted molar refractivity (Wildman–Crippen MR) is 74.5 cm³/mol. The number of carboxylic acid groups (broad SMARTS) is 1. The molecule has 0 aliphatic heterocycles. The van der Waals surface area contributed by atoms with E-state index < -0.39 is 11.9 Å². The molecule has 0 saturated carbocycles. The number of hydrogen-bond donors (Lipinski definition) is 2. The lowest BCUT2D eigenvalue weighted by Crippen LogP contribution is -2.14. The number of carbonyl (C=O) groups excluding carboxylic acids is 1. The summed E-state index contributed by atoms with van der Waals surface area (Å²) in [4.78, 5) is 23.1. The zero-order valence-corrected chi connectivity index (χ0v) is 11.4. The number of benzene rings is 1. The van der Waals surface area contributed by atoms with Gasteiger partial charge in [-0.2, -0.15) is 0 Å². The molecule has 0 fully saturated rings. The van der Waals surface area contributed by atoms with Crippen LogP contribution in [0.3, 0.4) is 0 Å². The molecule has 1 heterocycles. The van der Waals surface area contributed by atoms with Crippen LogP contribution in [0.2, 0.25) is 5.02 Å². The van der Waals surface area contributed by atoms with Crippen LogP contribution in [0.1, 0.15) is 33.6 Å². The van der Waals surface area contributed by atoms with Gasteiger partial charge in [0.2, 0.25) is 0 Å². The highest BCUT2D eigenvalue weighted by atomic mass is 35.5. The van der Waals surface area contributed by atoms with Gasteiger partial charge >= 0.3 is 5.97 Å². The quantitative estimate of drug-likeness (QED) is 0.905. The van der Waals surface area contributed by atoms with E-state index in [0.717, 1.165) is 0 Å². The molecule has 2 rings (SSSR count). The number of halogens is 1. The van der Waals surface area contributed by atoms with Gasteiger partial charge in [-0.3, -0.25) is 4.79 Å². The van der Waals surface area contributed by atoms with E-state index in [0.29, 0.717) is 12.2 Å². The van der Waals surface area contributed by atoms with Crippen molar-refractivity contribution in [3.8, 4) is 0 Å². The largest absolute Gasteiger partial charge is 0.478 e. The molecule has 0 radical (unpaired) electrons. The van der Waals surface area contributed by atoms with Gasteiger partial charge in [-0.1, -0.05) is 24.6 Å². The van der Waals surface area contributed by atoms with Gasteiger partial charge in [0.05, 0.1) is 16.3 Å². The van der Waals surface area contributed by atoms with Crippen molar-refractivity contribution in [2.24, 2.45) is 0 Å². The second kappa shape index (κ2) is 5.79. The van der Waals surface area contributed by atoms with E-state index in [1.54, 1.807) is 6.07 Å². The maximum absolute atomic E-state index is 12.0. The Labute approximate surface area is 120 Å². The van der Waals surface area contributed by atoms with Crippen molar-refractivity contribution in [3.05, 3.63) is 52.4 Å². The van der Waals surface area contributed by atoms with Crippen LogP contribution in [0, 0.1) is 0 Å². The minimum absolute atomic E-state index is 0.0566.